The standard InChI is InChI=1S/C5H3Br3O2/c6-2-5(8)3(7)1-4(9)10-5/h1H,2H2. The van der Waals surface area contributed by atoms with E-state index in [1.54, 1.807) is 0 Å². The van der Waals surface area contributed by atoms with Gasteiger partial charge < -0.3 is 4.74 Å². The summed E-state index contributed by atoms with van der Waals surface area (Å²) in [6.45, 7) is 0. The molecule has 0 saturated carbocycles. The minimum atomic E-state index is -0.677. The van der Waals surface area contributed by atoms with Crippen LogP contribution in [0.15, 0.2) is 10.6 Å². The van der Waals surface area contributed by atoms with Crippen LogP contribution in [0.3, 0.4) is 0 Å². The highest BCUT2D eigenvalue weighted by Crippen LogP contribution is 2.39. The van der Waals surface area contributed by atoms with Gasteiger partial charge in [0.2, 0.25) is 4.51 Å². The average Bonchev–Trinajstić information content (AvgIpc) is 2.09. The maximum Gasteiger partial charge on any atom is 0.333 e. The van der Waals surface area contributed by atoms with Crippen LogP contribution < -0.4 is 0 Å². The Morgan fingerprint density at radius 1 is 1.70 bits per heavy atom. The number of alkyl halides is 2. The first-order valence-corrected chi connectivity index (χ1v) is 5.15. The molecule has 1 aliphatic heterocycles. The van der Waals surface area contributed by atoms with Crippen molar-refractivity contribution in [3.63, 3.8) is 0 Å². The minimum absolute atomic E-state index is 0.330. The van der Waals surface area contributed by atoms with E-state index in [1.807, 2.05) is 0 Å². The predicted octanol–water partition coefficient (Wildman–Crippen LogP) is 2.31. The first-order chi connectivity index (χ1) is 4.58. The molecule has 0 aromatic rings. The lowest BCUT2D eigenvalue weighted by Crippen LogP contribution is -2.23. The van der Waals surface area contributed by atoms with Crippen LogP contribution in [0.25, 0.3) is 0 Å². The lowest BCUT2D eigenvalue weighted by Gasteiger charge is -2.17. The maximum atomic E-state index is 10.6. The summed E-state index contributed by atoms with van der Waals surface area (Å²) < 4.78 is 4.94. The fourth-order valence-electron chi connectivity index (χ4n) is 0.540. The van der Waals surface area contributed by atoms with Crippen LogP contribution in [0.4, 0.5) is 0 Å². The summed E-state index contributed by atoms with van der Waals surface area (Å²) in [4.78, 5) is 10.6. The largest absolute Gasteiger partial charge is 0.438 e. The van der Waals surface area contributed by atoms with E-state index in [2.05, 4.69) is 47.8 Å². The van der Waals surface area contributed by atoms with Gasteiger partial charge in [0, 0.05) is 6.08 Å². The number of rotatable bonds is 1. The van der Waals surface area contributed by atoms with Crippen molar-refractivity contribution < 1.29 is 9.53 Å². The molecule has 5 heteroatoms. The molecule has 0 saturated heterocycles. The van der Waals surface area contributed by atoms with Crippen molar-refractivity contribution in [1.29, 1.82) is 0 Å². The second kappa shape index (κ2) is 2.95. The van der Waals surface area contributed by atoms with Crippen LogP contribution in [0.1, 0.15) is 0 Å². The number of cyclic esters (lactones) is 1. The van der Waals surface area contributed by atoms with Crippen molar-refractivity contribution in [2.24, 2.45) is 0 Å². The fraction of sp³-hybridized carbons (Fsp3) is 0.400. The molecule has 0 bridgehead atoms. The van der Waals surface area contributed by atoms with Crippen LogP contribution in [0.2, 0.25) is 0 Å². The first kappa shape index (κ1) is 8.74. The summed E-state index contributed by atoms with van der Waals surface area (Å²) >= 11 is 9.65. The number of carbonyl (C=O) groups is 1. The van der Waals surface area contributed by atoms with Crippen LogP contribution >= 0.6 is 47.8 Å². The van der Waals surface area contributed by atoms with Gasteiger partial charge in [-0.1, -0.05) is 15.9 Å². The van der Waals surface area contributed by atoms with Crippen LogP contribution in [0, 0.1) is 0 Å². The van der Waals surface area contributed by atoms with Gasteiger partial charge in [0.1, 0.15) is 0 Å². The Morgan fingerprint density at radius 2 is 2.30 bits per heavy atom. The molecule has 1 aliphatic rings. The zero-order valence-electron chi connectivity index (χ0n) is 4.73. The monoisotopic (exact) mass is 332 g/mol. The number of esters is 1. The Morgan fingerprint density at radius 3 is 2.50 bits per heavy atom. The number of halogens is 3. The van der Waals surface area contributed by atoms with Crippen LogP contribution in [-0.2, 0) is 9.53 Å². The van der Waals surface area contributed by atoms with E-state index in [0.717, 1.165) is 0 Å². The highest BCUT2D eigenvalue weighted by molar-refractivity contribution is 9.15. The summed E-state index contributed by atoms with van der Waals surface area (Å²) in [7, 11) is 0. The van der Waals surface area contributed by atoms with Gasteiger partial charge in [-0.3, -0.25) is 0 Å². The first-order valence-electron chi connectivity index (χ1n) is 2.44. The quantitative estimate of drug-likeness (QED) is 0.543. The molecule has 0 fully saturated rings. The molecule has 10 heavy (non-hydrogen) atoms. The van der Waals surface area contributed by atoms with Crippen molar-refractivity contribution in [2.45, 2.75) is 4.51 Å². The molecule has 1 heterocycles. The third-order valence-electron chi connectivity index (χ3n) is 1.04. The Kier molecular flexibility index (Phi) is 2.58. The molecule has 2 nitrogen and oxygen atoms in total. The normalized spacial score (nSPS) is 31.9. The topological polar surface area (TPSA) is 26.3 Å². The lowest BCUT2D eigenvalue weighted by atomic mass is 10.4. The summed E-state index contributed by atoms with van der Waals surface area (Å²) in [5, 5.41) is 0.531. The fourth-order valence-corrected chi connectivity index (χ4v) is 2.01. The van der Waals surface area contributed by atoms with E-state index in [0.29, 0.717) is 9.81 Å². The van der Waals surface area contributed by atoms with Gasteiger partial charge in [0.15, 0.2) is 0 Å². The number of carbonyl (C=O) groups excluding carboxylic acids is 1. The van der Waals surface area contributed by atoms with Crippen molar-refractivity contribution >= 4 is 53.8 Å². The van der Waals surface area contributed by atoms with Crippen LogP contribution in [-0.4, -0.2) is 15.8 Å². The molecule has 1 rings (SSSR count). The van der Waals surface area contributed by atoms with Gasteiger partial charge in [-0.15, -0.1) is 0 Å². The Labute approximate surface area is 83.4 Å². The highest BCUT2D eigenvalue weighted by Gasteiger charge is 2.38. The molecule has 0 N–H and O–H groups in total. The second-order valence-electron chi connectivity index (χ2n) is 1.78. The van der Waals surface area contributed by atoms with E-state index in [9.17, 15) is 4.79 Å². The van der Waals surface area contributed by atoms with Crippen molar-refractivity contribution in [2.75, 3.05) is 5.33 Å². The van der Waals surface area contributed by atoms with Crippen molar-refractivity contribution in [1.82, 2.24) is 0 Å². The van der Waals surface area contributed by atoms with Gasteiger partial charge in [0.05, 0.1) is 9.81 Å². The zero-order valence-corrected chi connectivity index (χ0v) is 9.49. The number of hydrogen-bond acceptors (Lipinski definition) is 2. The Balaban J connectivity index is 2.86. The third-order valence-corrected chi connectivity index (χ3v) is 4.85. The summed E-state index contributed by atoms with van der Waals surface area (Å²) in [5.41, 5.74) is 0. The van der Waals surface area contributed by atoms with Crippen LogP contribution in [0.5, 0.6) is 0 Å². The summed E-state index contributed by atoms with van der Waals surface area (Å²) in [5.74, 6) is -0.330. The lowest BCUT2D eigenvalue weighted by molar-refractivity contribution is -0.139. The Bertz CT molecular complexity index is 201. The summed E-state index contributed by atoms with van der Waals surface area (Å²) in [6, 6.07) is 0. The van der Waals surface area contributed by atoms with Gasteiger partial charge in [0.25, 0.3) is 0 Å². The average molecular weight is 335 g/mol. The van der Waals surface area contributed by atoms with Gasteiger partial charge in [-0.25, -0.2) is 4.79 Å². The van der Waals surface area contributed by atoms with Crippen molar-refractivity contribution in [3.05, 3.63) is 10.6 Å². The van der Waals surface area contributed by atoms with Crippen molar-refractivity contribution in [3.8, 4) is 0 Å². The molecule has 56 valence electrons. The van der Waals surface area contributed by atoms with E-state index in [1.165, 1.54) is 6.08 Å². The molecule has 1 unspecified atom stereocenters. The zero-order chi connectivity index (χ0) is 7.78. The molecule has 0 aromatic carbocycles. The molecule has 1 atom stereocenters. The van der Waals surface area contributed by atoms with Gasteiger partial charge in [-0.05, 0) is 31.9 Å². The van der Waals surface area contributed by atoms with Gasteiger partial charge in [-0.2, -0.15) is 0 Å². The molecular formula is C5H3Br3O2. The molecule has 0 radical (unpaired) electrons. The van der Waals surface area contributed by atoms with E-state index in [-0.39, 0.29) is 5.97 Å². The van der Waals surface area contributed by atoms with Gasteiger partial charge >= 0.3 is 5.97 Å². The predicted molar refractivity (Wildman–Crippen MR) is 48.6 cm³/mol. The minimum Gasteiger partial charge on any atom is -0.438 e. The molecule has 0 amide bonds. The number of hydrogen-bond donors (Lipinski definition) is 0. The molecule has 0 spiro atoms. The molecular weight excluding hydrogens is 332 g/mol. The van der Waals surface area contributed by atoms with E-state index in [4.69, 9.17) is 4.74 Å². The summed E-state index contributed by atoms with van der Waals surface area (Å²) in [6.07, 6.45) is 1.40. The maximum absolute atomic E-state index is 10.6. The second-order valence-corrected chi connectivity index (χ2v) is 4.47. The molecule has 0 aliphatic carbocycles. The van der Waals surface area contributed by atoms with E-state index < -0.39 is 4.51 Å². The Hall–Kier alpha value is 0.650. The SMILES string of the molecule is O=C1C=C(Br)C(Br)(CBr)O1. The highest BCUT2D eigenvalue weighted by atomic mass is 79.9. The third kappa shape index (κ3) is 1.46. The smallest absolute Gasteiger partial charge is 0.333 e. The number of ether oxygens (including phenoxy) is 1. The molecule has 0 aromatic heterocycles. The van der Waals surface area contributed by atoms with E-state index >= 15 is 0 Å².